The molecule has 176 valence electrons. The number of benzene rings is 2. The molecule has 1 heterocycles. The molecule has 1 amide bonds. The van der Waals surface area contributed by atoms with Gasteiger partial charge in [0.05, 0.1) is 44.1 Å². The lowest BCUT2D eigenvalue weighted by molar-refractivity contribution is -0.122. The Labute approximate surface area is 199 Å². The van der Waals surface area contributed by atoms with Crippen molar-refractivity contribution in [1.82, 2.24) is 4.90 Å². The highest BCUT2D eigenvalue weighted by Crippen LogP contribution is 2.36. The van der Waals surface area contributed by atoms with Crippen molar-refractivity contribution in [1.29, 1.82) is 0 Å². The van der Waals surface area contributed by atoms with Gasteiger partial charge in [-0.25, -0.2) is 4.99 Å². The highest BCUT2D eigenvalue weighted by atomic mass is 32.2. The van der Waals surface area contributed by atoms with Gasteiger partial charge in [0.1, 0.15) is 5.75 Å². The van der Waals surface area contributed by atoms with Gasteiger partial charge in [-0.2, -0.15) is 0 Å². The number of carbonyl (C=O) groups is 1. The minimum atomic E-state index is -0.108. The number of amidine groups is 1. The van der Waals surface area contributed by atoms with Crippen LogP contribution in [0.1, 0.15) is 25.8 Å². The Bertz CT molecular complexity index is 1020. The van der Waals surface area contributed by atoms with Gasteiger partial charge in [0.2, 0.25) is 0 Å². The van der Waals surface area contributed by atoms with Crippen LogP contribution in [0.25, 0.3) is 6.08 Å². The van der Waals surface area contributed by atoms with Crippen LogP contribution in [0, 0.1) is 0 Å². The third-order valence-corrected chi connectivity index (χ3v) is 6.10. The van der Waals surface area contributed by atoms with E-state index in [1.165, 1.54) is 11.8 Å². The topological polar surface area (TPSA) is 69.6 Å². The standard InChI is InChI=1S/C25H30N2O5S/c1-6-17(2)32-21-12-7-18(15-22(21)31-5)16-23-24(28)27(13-14-29-3)25(33-23)26-19-8-10-20(30-4)11-9-19/h7-12,15-17H,6,13-14H2,1-5H3/b23-16-,26-25?/t17-/m1/s1. The monoisotopic (exact) mass is 470 g/mol. The Morgan fingerprint density at radius 2 is 1.82 bits per heavy atom. The summed E-state index contributed by atoms with van der Waals surface area (Å²) < 4.78 is 21.8. The SMILES string of the molecule is CC[C@@H](C)Oc1ccc(/C=C2\SC(=Nc3ccc(OC)cc3)N(CCOC)C2=O)cc1OC. The summed E-state index contributed by atoms with van der Waals surface area (Å²) in [7, 11) is 4.84. The number of thioether (sulfide) groups is 1. The maximum Gasteiger partial charge on any atom is 0.266 e. The van der Waals surface area contributed by atoms with Gasteiger partial charge in [-0.05, 0) is 73.1 Å². The first kappa shape index (κ1) is 24.7. The Hall–Kier alpha value is -2.97. The van der Waals surface area contributed by atoms with Crippen LogP contribution in [-0.2, 0) is 9.53 Å². The van der Waals surface area contributed by atoms with Crippen LogP contribution in [0.3, 0.4) is 0 Å². The summed E-state index contributed by atoms with van der Waals surface area (Å²) in [6.45, 7) is 4.91. The van der Waals surface area contributed by atoms with Crippen molar-refractivity contribution in [2.24, 2.45) is 4.99 Å². The van der Waals surface area contributed by atoms with Crippen molar-refractivity contribution in [2.75, 3.05) is 34.5 Å². The fourth-order valence-electron chi connectivity index (χ4n) is 3.06. The molecule has 2 aromatic rings. The highest BCUT2D eigenvalue weighted by Gasteiger charge is 2.33. The van der Waals surface area contributed by atoms with Crippen molar-refractivity contribution in [3.05, 3.63) is 52.9 Å². The van der Waals surface area contributed by atoms with Crippen molar-refractivity contribution >= 4 is 34.6 Å². The molecule has 0 spiro atoms. The molecule has 1 aliphatic rings. The van der Waals surface area contributed by atoms with Crippen LogP contribution < -0.4 is 14.2 Å². The summed E-state index contributed by atoms with van der Waals surface area (Å²) in [5.41, 5.74) is 1.58. The van der Waals surface area contributed by atoms with Gasteiger partial charge in [0.25, 0.3) is 5.91 Å². The normalized spacial score (nSPS) is 17.0. The van der Waals surface area contributed by atoms with E-state index in [1.54, 1.807) is 26.2 Å². The molecule has 0 bridgehead atoms. The van der Waals surface area contributed by atoms with Gasteiger partial charge < -0.3 is 18.9 Å². The smallest absolute Gasteiger partial charge is 0.266 e. The average Bonchev–Trinajstić information content (AvgIpc) is 3.12. The third kappa shape index (κ3) is 6.30. The maximum absolute atomic E-state index is 13.1. The molecule has 8 heteroatoms. The van der Waals surface area contributed by atoms with Gasteiger partial charge in [-0.15, -0.1) is 0 Å². The third-order valence-electron chi connectivity index (χ3n) is 5.09. The first-order valence-corrected chi connectivity index (χ1v) is 11.6. The number of amides is 1. The van der Waals surface area contributed by atoms with E-state index in [0.29, 0.717) is 34.7 Å². The van der Waals surface area contributed by atoms with E-state index in [4.69, 9.17) is 18.9 Å². The quantitative estimate of drug-likeness (QED) is 0.448. The fraction of sp³-hybridized carbons (Fsp3) is 0.360. The highest BCUT2D eigenvalue weighted by molar-refractivity contribution is 8.18. The molecule has 2 aromatic carbocycles. The van der Waals surface area contributed by atoms with Gasteiger partial charge in [0, 0.05) is 7.11 Å². The van der Waals surface area contributed by atoms with Gasteiger partial charge >= 0.3 is 0 Å². The van der Waals surface area contributed by atoms with Crippen molar-refractivity contribution in [3.8, 4) is 17.2 Å². The van der Waals surface area contributed by atoms with Crippen LogP contribution >= 0.6 is 11.8 Å². The largest absolute Gasteiger partial charge is 0.497 e. The maximum atomic E-state index is 13.1. The number of rotatable bonds is 10. The van der Waals surface area contributed by atoms with Crippen molar-refractivity contribution < 1.29 is 23.7 Å². The summed E-state index contributed by atoms with van der Waals surface area (Å²) in [5, 5.41) is 0.608. The van der Waals surface area contributed by atoms with Crippen LogP contribution in [0.4, 0.5) is 5.69 Å². The molecule has 3 rings (SSSR count). The molecule has 0 saturated carbocycles. The molecule has 1 aliphatic heterocycles. The minimum absolute atomic E-state index is 0.0844. The molecule has 0 radical (unpaired) electrons. The van der Waals surface area contributed by atoms with Crippen molar-refractivity contribution in [2.45, 2.75) is 26.4 Å². The predicted molar refractivity (Wildman–Crippen MR) is 133 cm³/mol. The Kier molecular flexibility index (Phi) is 8.79. The van der Waals surface area contributed by atoms with E-state index in [2.05, 4.69) is 11.9 Å². The Balaban J connectivity index is 1.89. The zero-order valence-corrected chi connectivity index (χ0v) is 20.5. The number of hydrogen-bond donors (Lipinski definition) is 0. The molecule has 0 N–H and O–H groups in total. The number of carbonyl (C=O) groups excluding carboxylic acids is 1. The summed E-state index contributed by atoms with van der Waals surface area (Å²) in [5.74, 6) is 1.95. The van der Waals surface area contributed by atoms with Crippen LogP contribution in [-0.4, -0.2) is 56.6 Å². The van der Waals surface area contributed by atoms with Gasteiger partial charge in [-0.3, -0.25) is 9.69 Å². The van der Waals surface area contributed by atoms with Crippen LogP contribution in [0.2, 0.25) is 0 Å². The second-order valence-electron chi connectivity index (χ2n) is 7.40. The first-order chi connectivity index (χ1) is 16.0. The molecule has 0 unspecified atom stereocenters. The Morgan fingerprint density at radius 3 is 2.45 bits per heavy atom. The first-order valence-electron chi connectivity index (χ1n) is 10.8. The molecule has 1 saturated heterocycles. The molecule has 0 aliphatic carbocycles. The molecular formula is C25H30N2O5S. The van der Waals surface area contributed by atoms with Gasteiger partial charge in [0.15, 0.2) is 16.7 Å². The summed E-state index contributed by atoms with van der Waals surface area (Å²) in [6.07, 6.45) is 2.83. The minimum Gasteiger partial charge on any atom is -0.497 e. The van der Waals surface area contributed by atoms with E-state index in [-0.39, 0.29) is 12.0 Å². The summed E-state index contributed by atoms with van der Waals surface area (Å²) in [6, 6.07) is 13.0. The number of methoxy groups -OCH3 is 3. The fourth-order valence-corrected chi connectivity index (χ4v) is 4.09. The van der Waals surface area contributed by atoms with E-state index in [9.17, 15) is 4.79 Å². The lowest BCUT2D eigenvalue weighted by atomic mass is 10.1. The average molecular weight is 471 g/mol. The molecule has 0 aromatic heterocycles. The second-order valence-corrected chi connectivity index (χ2v) is 8.41. The van der Waals surface area contributed by atoms with E-state index < -0.39 is 0 Å². The number of aliphatic imine (C=N–C) groups is 1. The number of nitrogens with zero attached hydrogens (tertiary/aromatic N) is 2. The summed E-state index contributed by atoms with van der Waals surface area (Å²) >= 11 is 1.34. The Morgan fingerprint density at radius 1 is 1.06 bits per heavy atom. The number of hydrogen-bond acceptors (Lipinski definition) is 7. The zero-order valence-electron chi connectivity index (χ0n) is 19.7. The van der Waals surface area contributed by atoms with E-state index in [1.807, 2.05) is 55.5 Å². The van der Waals surface area contributed by atoms with E-state index in [0.717, 1.165) is 23.4 Å². The molecular weight excluding hydrogens is 440 g/mol. The molecule has 1 fully saturated rings. The zero-order chi connectivity index (χ0) is 23.8. The van der Waals surface area contributed by atoms with Crippen molar-refractivity contribution in [3.63, 3.8) is 0 Å². The lowest BCUT2D eigenvalue weighted by Gasteiger charge is -2.16. The number of ether oxygens (including phenoxy) is 4. The molecule has 33 heavy (non-hydrogen) atoms. The lowest BCUT2D eigenvalue weighted by Crippen LogP contribution is -2.32. The molecule has 1 atom stereocenters. The van der Waals surface area contributed by atoms with Crippen LogP contribution in [0.5, 0.6) is 17.2 Å². The van der Waals surface area contributed by atoms with Gasteiger partial charge in [-0.1, -0.05) is 13.0 Å². The van der Waals surface area contributed by atoms with Crippen LogP contribution in [0.15, 0.2) is 52.4 Å². The molecule has 7 nitrogen and oxygen atoms in total. The summed E-state index contributed by atoms with van der Waals surface area (Å²) in [4.78, 5) is 20.1. The van der Waals surface area contributed by atoms with E-state index >= 15 is 0 Å². The predicted octanol–water partition coefficient (Wildman–Crippen LogP) is 5.13. The second kappa shape index (κ2) is 11.8.